The van der Waals surface area contributed by atoms with Crippen LogP contribution in [0.5, 0.6) is 0 Å². The van der Waals surface area contributed by atoms with Crippen LogP contribution in [-0.2, 0) is 4.74 Å². The lowest BCUT2D eigenvalue weighted by atomic mass is 9.90. The average Bonchev–Trinajstić information content (AvgIpc) is 2.36. The normalized spacial score (nSPS) is 28.6. The van der Waals surface area contributed by atoms with E-state index >= 15 is 0 Å². The van der Waals surface area contributed by atoms with Crippen LogP contribution in [0.1, 0.15) is 67.7 Å². The van der Waals surface area contributed by atoms with Crippen molar-refractivity contribution >= 4 is 0 Å². The van der Waals surface area contributed by atoms with Gasteiger partial charge in [0, 0.05) is 12.1 Å². The minimum absolute atomic E-state index is 0.00874. The van der Waals surface area contributed by atoms with E-state index in [1.54, 1.807) is 0 Å². The molecule has 0 aromatic heterocycles. The van der Waals surface area contributed by atoms with Crippen LogP contribution in [0.25, 0.3) is 0 Å². The van der Waals surface area contributed by atoms with E-state index in [0.29, 0.717) is 12.1 Å². The number of hydrogen-bond acceptors (Lipinski definition) is 2. The Morgan fingerprint density at radius 2 is 1.71 bits per heavy atom. The van der Waals surface area contributed by atoms with Gasteiger partial charge in [0.15, 0.2) is 0 Å². The van der Waals surface area contributed by atoms with Gasteiger partial charge in [-0.2, -0.15) is 0 Å². The van der Waals surface area contributed by atoms with Crippen LogP contribution >= 0.6 is 0 Å². The molecule has 102 valence electrons. The predicted molar refractivity (Wildman–Crippen MR) is 74.3 cm³/mol. The summed E-state index contributed by atoms with van der Waals surface area (Å²) >= 11 is 0. The quantitative estimate of drug-likeness (QED) is 0.791. The Morgan fingerprint density at radius 1 is 1.18 bits per heavy atom. The number of ether oxygens (including phenoxy) is 1. The molecule has 17 heavy (non-hydrogen) atoms. The first-order chi connectivity index (χ1) is 7.72. The maximum absolute atomic E-state index is 6.13. The van der Waals surface area contributed by atoms with Crippen molar-refractivity contribution in [3.63, 3.8) is 0 Å². The van der Waals surface area contributed by atoms with E-state index in [1.807, 2.05) is 0 Å². The van der Waals surface area contributed by atoms with Crippen molar-refractivity contribution in [2.24, 2.45) is 5.92 Å². The molecule has 1 saturated heterocycles. The molecule has 1 aliphatic heterocycles. The largest absolute Gasteiger partial charge is 0.368 e. The van der Waals surface area contributed by atoms with Crippen molar-refractivity contribution in [1.29, 1.82) is 0 Å². The zero-order valence-corrected chi connectivity index (χ0v) is 12.8. The van der Waals surface area contributed by atoms with E-state index in [-0.39, 0.29) is 11.2 Å². The van der Waals surface area contributed by atoms with Crippen LogP contribution in [0.4, 0.5) is 0 Å². The molecular weight excluding hydrogens is 210 g/mol. The van der Waals surface area contributed by atoms with Gasteiger partial charge in [0.2, 0.25) is 0 Å². The molecule has 2 atom stereocenters. The first kappa shape index (κ1) is 15.0. The Bertz CT molecular complexity index is 243. The van der Waals surface area contributed by atoms with E-state index < -0.39 is 0 Å². The molecule has 0 saturated carbocycles. The van der Waals surface area contributed by atoms with Crippen molar-refractivity contribution in [2.75, 3.05) is 0 Å². The first-order valence-electron chi connectivity index (χ1n) is 7.18. The van der Waals surface area contributed by atoms with Gasteiger partial charge in [-0.25, -0.2) is 0 Å². The van der Waals surface area contributed by atoms with Crippen LogP contribution in [0.2, 0.25) is 0 Å². The molecule has 0 aromatic carbocycles. The Labute approximate surface area is 108 Å². The molecule has 0 radical (unpaired) electrons. The molecule has 2 unspecified atom stereocenters. The summed E-state index contributed by atoms with van der Waals surface area (Å²) in [6.45, 7) is 15.7. The van der Waals surface area contributed by atoms with Crippen LogP contribution in [-0.4, -0.2) is 23.3 Å². The van der Waals surface area contributed by atoms with E-state index in [1.165, 1.54) is 12.8 Å². The van der Waals surface area contributed by atoms with E-state index in [9.17, 15) is 0 Å². The zero-order chi connectivity index (χ0) is 13.3. The highest BCUT2D eigenvalue weighted by atomic mass is 16.5. The SMILES string of the molecule is CCC(CC)C(C)NC1CC(C)(C)OC1(C)C. The third-order valence-corrected chi connectivity index (χ3v) is 4.29. The Kier molecular flexibility index (Phi) is 4.65. The Hall–Kier alpha value is -0.0800. The maximum Gasteiger partial charge on any atom is 0.0787 e. The van der Waals surface area contributed by atoms with Crippen molar-refractivity contribution < 1.29 is 4.74 Å². The van der Waals surface area contributed by atoms with Crippen molar-refractivity contribution in [3.8, 4) is 0 Å². The standard InChI is InChI=1S/C15H31NO/c1-8-12(9-2)11(3)16-13-10-14(4,5)17-15(13,6)7/h11-13,16H,8-10H2,1-7H3. The molecule has 1 fully saturated rings. The summed E-state index contributed by atoms with van der Waals surface area (Å²) < 4.78 is 6.13. The highest BCUT2D eigenvalue weighted by Gasteiger charge is 2.46. The number of rotatable bonds is 5. The fourth-order valence-electron chi connectivity index (χ4n) is 3.27. The van der Waals surface area contributed by atoms with Gasteiger partial charge in [-0.1, -0.05) is 26.7 Å². The summed E-state index contributed by atoms with van der Waals surface area (Å²) in [5, 5.41) is 3.80. The van der Waals surface area contributed by atoms with E-state index in [2.05, 4.69) is 53.8 Å². The van der Waals surface area contributed by atoms with Crippen LogP contribution in [0, 0.1) is 5.92 Å². The lowest BCUT2D eigenvalue weighted by molar-refractivity contribution is -0.0707. The molecule has 0 bridgehead atoms. The molecule has 0 spiro atoms. The molecule has 0 aromatic rings. The van der Waals surface area contributed by atoms with Gasteiger partial charge in [-0.3, -0.25) is 0 Å². The predicted octanol–water partition coefficient (Wildman–Crippen LogP) is 3.75. The summed E-state index contributed by atoms with van der Waals surface area (Å²) in [4.78, 5) is 0. The third-order valence-electron chi connectivity index (χ3n) is 4.29. The second-order valence-electron chi connectivity index (χ2n) is 6.75. The van der Waals surface area contributed by atoms with Gasteiger partial charge in [-0.05, 0) is 47.0 Å². The lowest BCUT2D eigenvalue weighted by Gasteiger charge is -2.32. The molecule has 0 amide bonds. The molecule has 0 aliphatic carbocycles. The van der Waals surface area contributed by atoms with Gasteiger partial charge < -0.3 is 10.1 Å². The average molecular weight is 241 g/mol. The molecule has 2 nitrogen and oxygen atoms in total. The fraction of sp³-hybridized carbons (Fsp3) is 1.00. The van der Waals surface area contributed by atoms with Gasteiger partial charge in [0.1, 0.15) is 0 Å². The van der Waals surface area contributed by atoms with Crippen LogP contribution < -0.4 is 5.32 Å². The van der Waals surface area contributed by atoms with Gasteiger partial charge in [0.25, 0.3) is 0 Å². The summed E-state index contributed by atoms with van der Waals surface area (Å²) in [7, 11) is 0. The molecule has 1 N–H and O–H groups in total. The minimum atomic E-state index is -0.0518. The summed E-state index contributed by atoms with van der Waals surface area (Å²) in [5.74, 6) is 0.773. The van der Waals surface area contributed by atoms with Crippen LogP contribution in [0.3, 0.4) is 0 Å². The Balaban J connectivity index is 2.62. The lowest BCUT2D eigenvalue weighted by Crippen LogP contribution is -2.49. The second-order valence-corrected chi connectivity index (χ2v) is 6.75. The molecule has 1 heterocycles. The second kappa shape index (κ2) is 5.27. The molecule has 2 heteroatoms. The smallest absolute Gasteiger partial charge is 0.0787 e. The maximum atomic E-state index is 6.13. The number of hydrogen-bond donors (Lipinski definition) is 1. The Morgan fingerprint density at radius 3 is 2.06 bits per heavy atom. The van der Waals surface area contributed by atoms with Crippen molar-refractivity contribution in [3.05, 3.63) is 0 Å². The molecule has 1 aliphatic rings. The first-order valence-corrected chi connectivity index (χ1v) is 7.18. The van der Waals surface area contributed by atoms with Gasteiger partial charge >= 0.3 is 0 Å². The van der Waals surface area contributed by atoms with Gasteiger partial charge in [-0.15, -0.1) is 0 Å². The topological polar surface area (TPSA) is 21.3 Å². The van der Waals surface area contributed by atoms with Crippen molar-refractivity contribution in [1.82, 2.24) is 5.32 Å². The minimum Gasteiger partial charge on any atom is -0.368 e. The summed E-state index contributed by atoms with van der Waals surface area (Å²) in [6.07, 6.45) is 3.61. The van der Waals surface area contributed by atoms with E-state index in [4.69, 9.17) is 4.74 Å². The fourth-order valence-corrected chi connectivity index (χ4v) is 3.27. The summed E-state index contributed by atoms with van der Waals surface area (Å²) in [5.41, 5.74) is -0.0431. The van der Waals surface area contributed by atoms with E-state index in [0.717, 1.165) is 12.3 Å². The highest BCUT2D eigenvalue weighted by molar-refractivity contribution is 5.00. The van der Waals surface area contributed by atoms with Crippen molar-refractivity contribution in [2.45, 2.75) is 91.0 Å². The monoisotopic (exact) mass is 241 g/mol. The molecule has 1 rings (SSSR count). The van der Waals surface area contributed by atoms with Gasteiger partial charge in [0.05, 0.1) is 11.2 Å². The zero-order valence-electron chi connectivity index (χ0n) is 12.8. The summed E-state index contributed by atoms with van der Waals surface area (Å²) in [6, 6.07) is 1.04. The molecular formula is C15H31NO. The third kappa shape index (κ3) is 3.69. The number of nitrogens with one attached hydrogen (secondary N) is 1. The highest BCUT2D eigenvalue weighted by Crippen LogP contribution is 2.37. The van der Waals surface area contributed by atoms with Crippen LogP contribution in [0.15, 0.2) is 0 Å².